The van der Waals surface area contributed by atoms with Crippen molar-refractivity contribution in [3.63, 3.8) is 0 Å². The van der Waals surface area contributed by atoms with Gasteiger partial charge in [0.05, 0.1) is 5.75 Å². The molecule has 2 heterocycles. The van der Waals surface area contributed by atoms with Gasteiger partial charge in [-0.15, -0.1) is 10.2 Å². The number of aromatic nitrogens is 4. The number of thioether (sulfide) groups is 1. The second-order valence-corrected chi connectivity index (χ2v) is 7.83. The average molecular weight is 347 g/mol. The fraction of sp³-hybridized carbons (Fsp3) is 0.647. The maximum absolute atomic E-state index is 12.3. The molecule has 2 aromatic heterocycles. The number of hydrogen-bond donors (Lipinski definition) is 1. The second-order valence-electron chi connectivity index (χ2n) is 6.89. The Labute approximate surface area is 146 Å². The van der Waals surface area contributed by atoms with Crippen LogP contribution in [0.15, 0.2) is 11.2 Å². The average Bonchev–Trinajstić information content (AvgIpc) is 2.93. The van der Waals surface area contributed by atoms with E-state index in [-0.39, 0.29) is 5.91 Å². The summed E-state index contributed by atoms with van der Waals surface area (Å²) in [6.45, 7) is 8.46. The number of nitrogens with one attached hydrogen (secondary N) is 1. The molecule has 130 valence electrons. The van der Waals surface area contributed by atoms with Crippen molar-refractivity contribution >= 4 is 23.4 Å². The SMILES string of the molecule is Cc1cc(C)n2c(SCC(=O)N[C@@H]3CCC[C@H](C)[C@H]3C)nnc2n1. The van der Waals surface area contributed by atoms with E-state index in [1.54, 1.807) is 0 Å². The van der Waals surface area contributed by atoms with E-state index in [2.05, 4.69) is 34.3 Å². The topological polar surface area (TPSA) is 72.2 Å². The Morgan fingerprint density at radius 2 is 2.12 bits per heavy atom. The van der Waals surface area contributed by atoms with Gasteiger partial charge in [-0.3, -0.25) is 9.20 Å². The molecule has 1 aliphatic rings. The van der Waals surface area contributed by atoms with E-state index in [1.165, 1.54) is 24.6 Å². The highest BCUT2D eigenvalue weighted by Crippen LogP contribution is 2.29. The lowest BCUT2D eigenvalue weighted by Crippen LogP contribution is -2.44. The van der Waals surface area contributed by atoms with Gasteiger partial charge in [0.25, 0.3) is 5.78 Å². The van der Waals surface area contributed by atoms with Gasteiger partial charge in [0.15, 0.2) is 5.16 Å². The van der Waals surface area contributed by atoms with Crippen molar-refractivity contribution in [2.45, 2.75) is 58.2 Å². The van der Waals surface area contributed by atoms with Gasteiger partial charge < -0.3 is 5.32 Å². The number of carbonyl (C=O) groups excluding carboxylic acids is 1. The Balaban J connectivity index is 1.62. The molecule has 0 aliphatic heterocycles. The van der Waals surface area contributed by atoms with Gasteiger partial charge in [0.1, 0.15) is 0 Å². The van der Waals surface area contributed by atoms with Crippen LogP contribution in [0, 0.1) is 25.7 Å². The number of fused-ring (bicyclic) bond motifs is 1. The first-order valence-corrected chi connectivity index (χ1v) is 9.56. The molecule has 24 heavy (non-hydrogen) atoms. The summed E-state index contributed by atoms with van der Waals surface area (Å²) in [5, 5.41) is 12.2. The van der Waals surface area contributed by atoms with Crippen LogP contribution in [0.3, 0.4) is 0 Å². The van der Waals surface area contributed by atoms with Crippen molar-refractivity contribution in [2.75, 3.05) is 5.75 Å². The summed E-state index contributed by atoms with van der Waals surface area (Å²) in [6.07, 6.45) is 3.54. The Morgan fingerprint density at radius 3 is 2.92 bits per heavy atom. The minimum atomic E-state index is 0.0698. The summed E-state index contributed by atoms with van der Waals surface area (Å²) in [5.74, 6) is 2.22. The van der Waals surface area contributed by atoms with Gasteiger partial charge in [-0.05, 0) is 38.2 Å². The molecule has 1 aliphatic carbocycles. The van der Waals surface area contributed by atoms with E-state index in [0.29, 0.717) is 29.4 Å². The highest BCUT2D eigenvalue weighted by molar-refractivity contribution is 7.99. The summed E-state index contributed by atoms with van der Waals surface area (Å²) in [7, 11) is 0. The number of hydrogen-bond acceptors (Lipinski definition) is 5. The zero-order valence-electron chi connectivity index (χ0n) is 14.7. The van der Waals surface area contributed by atoms with E-state index in [9.17, 15) is 4.79 Å². The summed E-state index contributed by atoms with van der Waals surface area (Å²) in [5.41, 5.74) is 1.95. The zero-order valence-corrected chi connectivity index (χ0v) is 15.6. The first kappa shape index (κ1) is 17.2. The summed E-state index contributed by atoms with van der Waals surface area (Å²) in [4.78, 5) is 16.7. The first-order chi connectivity index (χ1) is 11.5. The molecule has 0 unspecified atom stereocenters. The standard InChI is InChI=1S/C17H25N5OS/c1-10-6-5-7-14(13(10)4)19-15(23)9-24-17-21-20-16-18-11(2)8-12(3)22(16)17/h8,10,13-14H,5-7,9H2,1-4H3,(H,19,23)/t10-,13+,14+/m0/s1. The third-order valence-electron chi connectivity index (χ3n) is 5.05. The van der Waals surface area contributed by atoms with E-state index in [1.807, 2.05) is 24.3 Å². The monoisotopic (exact) mass is 347 g/mol. The minimum Gasteiger partial charge on any atom is -0.352 e. The van der Waals surface area contributed by atoms with Crippen LogP contribution in [0.25, 0.3) is 5.78 Å². The van der Waals surface area contributed by atoms with Crippen molar-refractivity contribution in [3.8, 4) is 0 Å². The highest BCUT2D eigenvalue weighted by Gasteiger charge is 2.28. The van der Waals surface area contributed by atoms with E-state index in [0.717, 1.165) is 23.0 Å². The number of amides is 1. The van der Waals surface area contributed by atoms with Crippen molar-refractivity contribution in [3.05, 3.63) is 17.5 Å². The number of aryl methyl sites for hydroxylation is 2. The Kier molecular flexibility index (Phi) is 5.08. The Morgan fingerprint density at radius 1 is 1.33 bits per heavy atom. The van der Waals surface area contributed by atoms with Gasteiger partial charge in [0.2, 0.25) is 5.91 Å². The zero-order chi connectivity index (χ0) is 17.3. The van der Waals surface area contributed by atoms with Crippen LogP contribution in [0.5, 0.6) is 0 Å². The molecule has 1 N–H and O–H groups in total. The minimum absolute atomic E-state index is 0.0698. The number of carbonyl (C=O) groups is 1. The molecule has 0 spiro atoms. The van der Waals surface area contributed by atoms with E-state index < -0.39 is 0 Å². The summed E-state index contributed by atoms with van der Waals surface area (Å²) in [6, 6.07) is 2.29. The normalized spacial score (nSPS) is 24.2. The van der Waals surface area contributed by atoms with Crippen LogP contribution < -0.4 is 5.32 Å². The molecule has 1 amide bonds. The maximum Gasteiger partial charge on any atom is 0.256 e. The molecule has 0 radical (unpaired) electrons. The molecular weight excluding hydrogens is 322 g/mol. The van der Waals surface area contributed by atoms with Crippen molar-refractivity contribution in [1.29, 1.82) is 0 Å². The first-order valence-electron chi connectivity index (χ1n) is 8.57. The van der Waals surface area contributed by atoms with Crippen molar-refractivity contribution in [1.82, 2.24) is 24.9 Å². The van der Waals surface area contributed by atoms with Crippen LogP contribution in [-0.2, 0) is 4.79 Å². The predicted octanol–water partition coefficient (Wildman–Crippen LogP) is 2.77. The fourth-order valence-electron chi connectivity index (χ4n) is 3.46. The molecular formula is C17H25N5OS. The summed E-state index contributed by atoms with van der Waals surface area (Å²) >= 11 is 1.41. The molecule has 1 fully saturated rings. The lowest BCUT2D eigenvalue weighted by Gasteiger charge is -2.34. The Hall–Kier alpha value is -1.63. The fourth-order valence-corrected chi connectivity index (χ4v) is 4.25. The van der Waals surface area contributed by atoms with E-state index >= 15 is 0 Å². The van der Waals surface area contributed by atoms with Gasteiger partial charge in [-0.2, -0.15) is 0 Å². The van der Waals surface area contributed by atoms with Crippen molar-refractivity contribution in [2.24, 2.45) is 11.8 Å². The molecule has 6 nitrogen and oxygen atoms in total. The molecule has 0 aromatic carbocycles. The maximum atomic E-state index is 12.3. The van der Waals surface area contributed by atoms with Crippen LogP contribution in [0.4, 0.5) is 0 Å². The van der Waals surface area contributed by atoms with Crippen LogP contribution in [-0.4, -0.2) is 37.3 Å². The number of nitrogens with zero attached hydrogens (tertiary/aromatic N) is 4. The molecule has 7 heteroatoms. The van der Waals surface area contributed by atoms with Crippen molar-refractivity contribution < 1.29 is 4.79 Å². The molecule has 0 bridgehead atoms. The second kappa shape index (κ2) is 7.09. The summed E-state index contributed by atoms with van der Waals surface area (Å²) < 4.78 is 1.90. The molecule has 2 aromatic rings. The molecule has 3 atom stereocenters. The largest absolute Gasteiger partial charge is 0.352 e. The van der Waals surface area contributed by atoms with E-state index in [4.69, 9.17) is 0 Å². The smallest absolute Gasteiger partial charge is 0.256 e. The lowest BCUT2D eigenvalue weighted by atomic mass is 9.78. The van der Waals surface area contributed by atoms with Crippen LogP contribution in [0.1, 0.15) is 44.5 Å². The van der Waals surface area contributed by atoms with Crippen LogP contribution in [0.2, 0.25) is 0 Å². The third-order valence-corrected chi connectivity index (χ3v) is 5.98. The van der Waals surface area contributed by atoms with Gasteiger partial charge in [0, 0.05) is 17.4 Å². The quantitative estimate of drug-likeness (QED) is 0.861. The third kappa shape index (κ3) is 3.55. The van der Waals surface area contributed by atoms with Crippen LogP contribution >= 0.6 is 11.8 Å². The molecule has 1 saturated carbocycles. The molecule has 0 saturated heterocycles. The van der Waals surface area contributed by atoms with Gasteiger partial charge in [-0.25, -0.2) is 4.98 Å². The Bertz CT molecular complexity index is 744. The number of rotatable bonds is 4. The van der Waals surface area contributed by atoms with Gasteiger partial charge >= 0.3 is 0 Å². The van der Waals surface area contributed by atoms with Gasteiger partial charge in [-0.1, -0.05) is 38.5 Å². The predicted molar refractivity (Wildman–Crippen MR) is 95.1 cm³/mol. The highest BCUT2D eigenvalue weighted by atomic mass is 32.2. The molecule has 3 rings (SSSR count). The lowest BCUT2D eigenvalue weighted by molar-refractivity contribution is -0.120.